The lowest BCUT2D eigenvalue weighted by molar-refractivity contribution is 0.460. The Morgan fingerprint density at radius 1 is 1.29 bits per heavy atom. The van der Waals surface area contributed by atoms with E-state index in [2.05, 4.69) is 69.9 Å². The quantitative estimate of drug-likeness (QED) is 0.133. The second-order valence-electron chi connectivity index (χ2n) is 8.50. The number of rotatable bonds is 10. The van der Waals surface area contributed by atoms with Gasteiger partial charge in [0.2, 0.25) is 0 Å². The summed E-state index contributed by atoms with van der Waals surface area (Å²) in [5, 5.41) is 19.0. The van der Waals surface area contributed by atoms with Crippen LogP contribution in [0.2, 0.25) is 0 Å². The number of nitrogens with one attached hydrogen (secondary N) is 2. The van der Waals surface area contributed by atoms with Gasteiger partial charge in [-0.05, 0) is 43.9 Å². The molecule has 2 heterocycles. The predicted octanol–water partition coefficient (Wildman–Crippen LogP) is 5.26. The molecule has 0 spiro atoms. The Labute approximate surface area is 212 Å². The molecule has 1 saturated carbocycles. The number of aryl methyl sites for hydroxylation is 1. The van der Waals surface area contributed by atoms with Gasteiger partial charge in [-0.3, -0.25) is 4.99 Å². The van der Waals surface area contributed by atoms with Gasteiger partial charge in [0.1, 0.15) is 5.82 Å². The van der Waals surface area contributed by atoms with Crippen molar-refractivity contribution in [3.05, 3.63) is 28.2 Å². The fourth-order valence-corrected chi connectivity index (χ4v) is 5.38. The molecule has 9 heteroatoms. The highest BCUT2D eigenvalue weighted by Gasteiger charge is 2.23. The maximum atomic E-state index is 4.85. The van der Waals surface area contributed by atoms with Crippen molar-refractivity contribution in [2.24, 2.45) is 4.99 Å². The Hall–Kier alpha value is -0.810. The number of aliphatic imine (C=N–C) groups is 1. The SMILES string of the molecule is CCNC(=NCC(C)(C)c1cccs1)NCCCc1nnc(SC)n1C1CCCC1.I. The number of hydrogen-bond donors (Lipinski definition) is 2. The summed E-state index contributed by atoms with van der Waals surface area (Å²) in [6, 6.07) is 4.90. The molecule has 0 atom stereocenters. The van der Waals surface area contributed by atoms with Crippen molar-refractivity contribution in [1.29, 1.82) is 0 Å². The Morgan fingerprint density at radius 3 is 2.71 bits per heavy atom. The van der Waals surface area contributed by atoms with Crippen LogP contribution >= 0.6 is 47.1 Å². The van der Waals surface area contributed by atoms with Crippen molar-refractivity contribution in [3.63, 3.8) is 0 Å². The number of thiophene rings is 1. The zero-order valence-electron chi connectivity index (χ0n) is 19.2. The summed E-state index contributed by atoms with van der Waals surface area (Å²) in [6.07, 6.45) is 9.21. The van der Waals surface area contributed by atoms with E-state index >= 15 is 0 Å². The molecule has 2 N–H and O–H groups in total. The minimum absolute atomic E-state index is 0. The van der Waals surface area contributed by atoms with E-state index in [1.54, 1.807) is 23.1 Å². The van der Waals surface area contributed by atoms with Gasteiger partial charge in [-0.15, -0.1) is 45.5 Å². The summed E-state index contributed by atoms with van der Waals surface area (Å²) >= 11 is 3.51. The average molecular weight is 577 g/mol. The van der Waals surface area contributed by atoms with E-state index in [9.17, 15) is 0 Å². The van der Waals surface area contributed by atoms with Crippen LogP contribution in [0.25, 0.3) is 0 Å². The van der Waals surface area contributed by atoms with Gasteiger partial charge in [-0.1, -0.05) is 44.5 Å². The first-order valence-corrected chi connectivity index (χ1v) is 13.2. The molecule has 0 aromatic carbocycles. The summed E-state index contributed by atoms with van der Waals surface area (Å²) in [5.74, 6) is 2.03. The van der Waals surface area contributed by atoms with Crippen molar-refractivity contribution < 1.29 is 0 Å². The summed E-state index contributed by atoms with van der Waals surface area (Å²) in [7, 11) is 0. The molecule has 174 valence electrons. The van der Waals surface area contributed by atoms with Gasteiger partial charge in [0, 0.05) is 35.8 Å². The van der Waals surface area contributed by atoms with Crippen molar-refractivity contribution in [2.45, 2.75) is 75.9 Å². The second kappa shape index (κ2) is 13.0. The zero-order valence-corrected chi connectivity index (χ0v) is 23.2. The third-order valence-electron chi connectivity index (χ3n) is 5.64. The van der Waals surface area contributed by atoms with Gasteiger partial charge in [0.15, 0.2) is 11.1 Å². The van der Waals surface area contributed by atoms with E-state index in [4.69, 9.17) is 4.99 Å². The lowest BCUT2D eigenvalue weighted by Crippen LogP contribution is -2.39. The molecule has 0 unspecified atom stereocenters. The first-order chi connectivity index (χ1) is 14.5. The molecule has 31 heavy (non-hydrogen) atoms. The zero-order chi connectivity index (χ0) is 21.4. The number of hydrogen-bond acceptors (Lipinski definition) is 5. The lowest BCUT2D eigenvalue weighted by atomic mass is 9.92. The highest BCUT2D eigenvalue weighted by Crippen LogP contribution is 2.33. The largest absolute Gasteiger partial charge is 0.357 e. The van der Waals surface area contributed by atoms with Gasteiger partial charge >= 0.3 is 0 Å². The van der Waals surface area contributed by atoms with Gasteiger partial charge in [-0.2, -0.15) is 0 Å². The van der Waals surface area contributed by atoms with E-state index < -0.39 is 0 Å². The highest BCUT2D eigenvalue weighted by molar-refractivity contribution is 14.0. The normalized spacial score (nSPS) is 15.2. The van der Waals surface area contributed by atoms with Crippen LogP contribution in [0.4, 0.5) is 0 Å². The van der Waals surface area contributed by atoms with Crippen LogP contribution in [0, 0.1) is 0 Å². The van der Waals surface area contributed by atoms with Crippen molar-refractivity contribution >= 4 is 53.0 Å². The molecule has 0 radical (unpaired) electrons. The summed E-state index contributed by atoms with van der Waals surface area (Å²) in [4.78, 5) is 6.22. The Morgan fingerprint density at radius 2 is 2.06 bits per heavy atom. The van der Waals surface area contributed by atoms with Gasteiger partial charge in [0.25, 0.3) is 0 Å². The average Bonchev–Trinajstić information content (AvgIpc) is 3.49. The molecular formula is C22H37IN6S2. The maximum absolute atomic E-state index is 4.85. The molecule has 0 bridgehead atoms. The fraction of sp³-hybridized carbons (Fsp3) is 0.682. The van der Waals surface area contributed by atoms with Crippen LogP contribution in [0.15, 0.2) is 27.7 Å². The molecule has 0 saturated heterocycles. The molecule has 0 aliphatic heterocycles. The molecule has 1 aliphatic carbocycles. The van der Waals surface area contributed by atoms with Crippen LogP contribution in [0.1, 0.15) is 69.6 Å². The first kappa shape index (κ1) is 26.4. The van der Waals surface area contributed by atoms with Crippen molar-refractivity contribution in [3.8, 4) is 0 Å². The van der Waals surface area contributed by atoms with E-state index in [1.165, 1.54) is 30.6 Å². The van der Waals surface area contributed by atoms with Crippen LogP contribution in [-0.2, 0) is 11.8 Å². The minimum atomic E-state index is 0. The molecule has 2 aromatic heterocycles. The smallest absolute Gasteiger partial charge is 0.191 e. The molecule has 0 amide bonds. The Balaban J connectivity index is 0.00000341. The fourth-order valence-electron chi connectivity index (χ4n) is 3.96. The maximum Gasteiger partial charge on any atom is 0.191 e. The molecule has 1 fully saturated rings. The first-order valence-electron chi connectivity index (χ1n) is 11.1. The summed E-state index contributed by atoms with van der Waals surface area (Å²) < 4.78 is 2.40. The number of nitrogens with zero attached hydrogens (tertiary/aromatic N) is 4. The standard InChI is InChI=1S/C22H36N6S2.HI/c1-5-23-20(25-16-22(2,3)18-12-9-15-30-18)24-14-8-13-19-26-27-21(29-4)28(19)17-10-6-7-11-17;/h9,12,15,17H,5-8,10-11,13-14,16H2,1-4H3,(H2,23,24,25);1H. The van der Waals surface area contributed by atoms with Crippen molar-refractivity contribution in [1.82, 2.24) is 25.4 Å². The summed E-state index contributed by atoms with van der Waals surface area (Å²) in [6.45, 7) is 9.11. The van der Waals surface area contributed by atoms with E-state index in [1.807, 2.05) is 0 Å². The van der Waals surface area contributed by atoms with Crippen molar-refractivity contribution in [2.75, 3.05) is 25.9 Å². The highest BCUT2D eigenvalue weighted by atomic mass is 127. The molecule has 6 nitrogen and oxygen atoms in total. The lowest BCUT2D eigenvalue weighted by Gasteiger charge is -2.22. The van der Waals surface area contributed by atoms with Crippen LogP contribution in [0.5, 0.6) is 0 Å². The van der Waals surface area contributed by atoms with E-state index in [-0.39, 0.29) is 29.4 Å². The van der Waals surface area contributed by atoms with Crippen LogP contribution in [0.3, 0.4) is 0 Å². The molecule has 2 aromatic rings. The second-order valence-corrected chi connectivity index (χ2v) is 10.2. The number of halogens is 1. The Kier molecular flexibility index (Phi) is 11.1. The van der Waals surface area contributed by atoms with E-state index in [0.717, 1.165) is 49.4 Å². The molecule has 1 aliphatic rings. The number of thioether (sulfide) groups is 1. The minimum Gasteiger partial charge on any atom is -0.357 e. The van der Waals surface area contributed by atoms with Gasteiger partial charge < -0.3 is 15.2 Å². The van der Waals surface area contributed by atoms with Crippen LogP contribution in [-0.4, -0.2) is 46.6 Å². The van der Waals surface area contributed by atoms with Crippen LogP contribution < -0.4 is 10.6 Å². The molecule has 3 rings (SSSR count). The monoisotopic (exact) mass is 576 g/mol. The Bertz CT molecular complexity index is 797. The third kappa shape index (κ3) is 7.35. The third-order valence-corrected chi connectivity index (χ3v) is 7.52. The molecular weight excluding hydrogens is 539 g/mol. The summed E-state index contributed by atoms with van der Waals surface area (Å²) in [5.41, 5.74) is 0.0441. The van der Waals surface area contributed by atoms with E-state index in [0.29, 0.717) is 6.04 Å². The predicted molar refractivity (Wildman–Crippen MR) is 144 cm³/mol. The van der Waals surface area contributed by atoms with Gasteiger partial charge in [-0.25, -0.2) is 0 Å². The number of guanidine groups is 1. The topological polar surface area (TPSA) is 67.1 Å². The number of aromatic nitrogens is 3. The van der Waals surface area contributed by atoms with Gasteiger partial charge in [0.05, 0.1) is 6.54 Å².